The highest BCUT2D eigenvalue weighted by Gasteiger charge is 2.46. The fourth-order valence-corrected chi connectivity index (χ4v) is 3.07. The Morgan fingerprint density at radius 1 is 0.848 bits per heavy atom. The number of halogens is 2. The van der Waals surface area contributed by atoms with E-state index in [0.717, 1.165) is 0 Å². The molecule has 0 amide bonds. The highest BCUT2D eigenvalue weighted by Crippen LogP contribution is 2.26. The lowest BCUT2D eigenvalue weighted by atomic mass is 9.96. The Morgan fingerprint density at radius 3 is 1.61 bits per heavy atom. The second-order valence-corrected chi connectivity index (χ2v) is 8.48. The SMILES string of the molecule is CCC.CCC.CO[C@H]1OC(C(C)N)C(F)C(F)[C@H]1N.CO[C@H]1OC(C(C)N)[C@@H](O)C[C@H]1N. The minimum absolute atomic E-state index is 0.222. The van der Waals surface area contributed by atoms with E-state index in [1.165, 1.54) is 27.1 Å². The third-order valence-electron chi connectivity index (χ3n) is 4.63. The van der Waals surface area contributed by atoms with E-state index in [9.17, 15) is 13.9 Å². The summed E-state index contributed by atoms with van der Waals surface area (Å²) in [7, 11) is 2.86. The summed E-state index contributed by atoms with van der Waals surface area (Å²) in [4.78, 5) is 0. The molecule has 0 radical (unpaired) electrons. The van der Waals surface area contributed by atoms with Gasteiger partial charge in [-0.25, -0.2) is 8.78 Å². The third-order valence-corrected chi connectivity index (χ3v) is 4.63. The Kier molecular flexibility index (Phi) is 19.7. The largest absolute Gasteiger partial charge is 0.390 e. The van der Waals surface area contributed by atoms with Crippen LogP contribution in [-0.2, 0) is 18.9 Å². The number of hydrogen-bond acceptors (Lipinski definition) is 9. The number of alkyl halides is 2. The van der Waals surface area contributed by atoms with Gasteiger partial charge in [-0.3, -0.25) is 0 Å². The number of methoxy groups -OCH3 is 2. The van der Waals surface area contributed by atoms with Crippen LogP contribution in [0.3, 0.4) is 0 Å². The van der Waals surface area contributed by atoms with E-state index in [2.05, 4.69) is 27.7 Å². The zero-order valence-electron chi connectivity index (χ0n) is 21.6. The molecular formula is C22H50F2N4O5. The molecule has 2 fully saturated rings. The number of aliphatic hydroxyl groups excluding tert-OH is 1. The molecule has 0 spiro atoms. The van der Waals surface area contributed by atoms with E-state index in [0.29, 0.717) is 6.42 Å². The van der Waals surface area contributed by atoms with Crippen LogP contribution < -0.4 is 22.9 Å². The Hall–Kier alpha value is -0.500. The van der Waals surface area contributed by atoms with E-state index < -0.39 is 49.2 Å². The molecule has 9 nitrogen and oxygen atoms in total. The lowest BCUT2D eigenvalue weighted by Crippen LogP contribution is -2.62. The summed E-state index contributed by atoms with van der Waals surface area (Å²) in [5.74, 6) is 0. The summed E-state index contributed by atoms with van der Waals surface area (Å²) in [5.41, 5.74) is 22.2. The zero-order chi connectivity index (χ0) is 26.3. The Morgan fingerprint density at radius 2 is 1.24 bits per heavy atom. The third kappa shape index (κ3) is 12.1. The number of rotatable bonds is 4. The van der Waals surface area contributed by atoms with Gasteiger partial charge in [-0.2, -0.15) is 0 Å². The smallest absolute Gasteiger partial charge is 0.175 e. The maximum absolute atomic E-state index is 13.3. The van der Waals surface area contributed by atoms with Crippen molar-refractivity contribution in [3.63, 3.8) is 0 Å². The summed E-state index contributed by atoms with van der Waals surface area (Å²) >= 11 is 0. The zero-order valence-corrected chi connectivity index (χ0v) is 21.6. The predicted octanol–water partition coefficient (Wildman–Crippen LogP) is 1.32. The van der Waals surface area contributed by atoms with Gasteiger partial charge in [-0.05, 0) is 20.3 Å². The predicted molar refractivity (Wildman–Crippen MR) is 127 cm³/mol. The van der Waals surface area contributed by atoms with Crippen molar-refractivity contribution in [3.8, 4) is 0 Å². The van der Waals surface area contributed by atoms with Crippen molar-refractivity contribution in [2.45, 2.75) is 128 Å². The lowest BCUT2D eigenvalue weighted by Gasteiger charge is -2.39. The molecule has 2 aliphatic heterocycles. The first-order valence-electron chi connectivity index (χ1n) is 11.7. The second kappa shape index (κ2) is 18.8. The summed E-state index contributed by atoms with van der Waals surface area (Å²) < 4.78 is 47.0. The molecule has 0 aliphatic carbocycles. The van der Waals surface area contributed by atoms with Crippen molar-refractivity contribution in [3.05, 3.63) is 0 Å². The molecule has 0 saturated carbocycles. The van der Waals surface area contributed by atoms with Gasteiger partial charge in [0.1, 0.15) is 12.2 Å². The topological polar surface area (TPSA) is 161 Å². The van der Waals surface area contributed by atoms with Crippen LogP contribution in [0.2, 0.25) is 0 Å². The van der Waals surface area contributed by atoms with Gasteiger partial charge in [0.15, 0.2) is 24.9 Å². The molecule has 6 unspecified atom stereocenters. The number of hydrogen-bond donors (Lipinski definition) is 5. The molecule has 2 rings (SSSR count). The van der Waals surface area contributed by atoms with Gasteiger partial charge >= 0.3 is 0 Å². The second-order valence-electron chi connectivity index (χ2n) is 8.48. The first kappa shape index (κ1) is 34.7. The monoisotopic (exact) mass is 488 g/mol. The van der Waals surface area contributed by atoms with Crippen LogP contribution in [0.15, 0.2) is 0 Å². The van der Waals surface area contributed by atoms with Crippen LogP contribution in [0.5, 0.6) is 0 Å². The standard InChI is InChI=1S/C8H16F2N2O2.C8H18N2O3.2C3H8/c1-3(11)7-5(10)4(9)6(12)8(13-2)14-7;1-4(9)7-6(11)3-5(10)8(12-2)13-7;2*1-3-2/h3-8H,11-12H2,1-2H3;4-8,11H,3,9-10H2,1-2H3;2*3H2,1-2H3/t3?,4?,5?,6-,7?,8+;4?,5-,6+,7?,8+;;/m11../s1. The Balaban J connectivity index is 0. The highest BCUT2D eigenvalue weighted by atomic mass is 19.2. The molecule has 0 aromatic carbocycles. The van der Waals surface area contributed by atoms with Crippen LogP contribution >= 0.6 is 0 Å². The van der Waals surface area contributed by atoms with Gasteiger partial charge in [0.05, 0.1) is 18.2 Å². The molecule has 11 heteroatoms. The van der Waals surface area contributed by atoms with Crippen molar-refractivity contribution in [2.24, 2.45) is 22.9 Å². The number of aliphatic hydroxyl groups is 1. The van der Waals surface area contributed by atoms with E-state index >= 15 is 0 Å². The minimum Gasteiger partial charge on any atom is -0.390 e. The summed E-state index contributed by atoms with van der Waals surface area (Å²) in [6.45, 7) is 11.8. The molecule has 202 valence electrons. The molecule has 2 aliphatic rings. The van der Waals surface area contributed by atoms with Crippen LogP contribution in [-0.4, -0.2) is 86.7 Å². The number of ether oxygens (including phenoxy) is 4. The van der Waals surface area contributed by atoms with Crippen LogP contribution in [0.4, 0.5) is 8.78 Å². The molecule has 33 heavy (non-hydrogen) atoms. The van der Waals surface area contributed by atoms with Gasteiger partial charge in [0.2, 0.25) is 0 Å². The van der Waals surface area contributed by atoms with Crippen molar-refractivity contribution < 1.29 is 32.8 Å². The van der Waals surface area contributed by atoms with E-state index in [1.54, 1.807) is 13.8 Å². The van der Waals surface area contributed by atoms with E-state index in [4.69, 9.17) is 41.9 Å². The van der Waals surface area contributed by atoms with Gasteiger partial charge in [-0.1, -0.05) is 40.5 Å². The minimum atomic E-state index is -1.80. The van der Waals surface area contributed by atoms with Gasteiger partial charge in [0.25, 0.3) is 0 Å². The summed E-state index contributed by atoms with van der Waals surface area (Å²) in [5, 5.41) is 9.58. The van der Waals surface area contributed by atoms with Gasteiger partial charge in [-0.15, -0.1) is 0 Å². The first-order valence-corrected chi connectivity index (χ1v) is 11.7. The van der Waals surface area contributed by atoms with Crippen molar-refractivity contribution in [1.29, 1.82) is 0 Å². The fourth-order valence-electron chi connectivity index (χ4n) is 3.07. The molecule has 0 aromatic heterocycles. The average Bonchev–Trinajstić information content (AvgIpc) is 2.73. The Labute approximate surface area is 198 Å². The normalized spacial score (nSPS) is 37.7. The maximum atomic E-state index is 13.3. The fraction of sp³-hybridized carbons (Fsp3) is 1.00. The molecule has 9 N–H and O–H groups in total. The maximum Gasteiger partial charge on any atom is 0.175 e. The summed E-state index contributed by atoms with van der Waals surface area (Å²) in [6.07, 6.45) is -4.01. The molecule has 2 saturated heterocycles. The van der Waals surface area contributed by atoms with Crippen molar-refractivity contribution in [2.75, 3.05) is 14.2 Å². The first-order chi connectivity index (χ1) is 15.4. The highest BCUT2D eigenvalue weighted by molar-refractivity contribution is 4.95. The molecule has 0 aromatic rings. The average molecular weight is 489 g/mol. The Bertz CT molecular complexity index is 465. The van der Waals surface area contributed by atoms with Crippen molar-refractivity contribution >= 4 is 0 Å². The number of nitrogens with two attached hydrogens (primary N) is 4. The van der Waals surface area contributed by atoms with E-state index in [-0.39, 0.29) is 18.2 Å². The van der Waals surface area contributed by atoms with Crippen LogP contribution in [0.1, 0.15) is 60.8 Å². The molecule has 2 heterocycles. The van der Waals surface area contributed by atoms with Crippen LogP contribution in [0, 0.1) is 0 Å². The van der Waals surface area contributed by atoms with Crippen molar-refractivity contribution in [1.82, 2.24) is 0 Å². The lowest BCUT2D eigenvalue weighted by molar-refractivity contribution is -0.231. The quantitative estimate of drug-likeness (QED) is 0.393. The van der Waals surface area contributed by atoms with Gasteiger partial charge in [0, 0.05) is 26.3 Å². The van der Waals surface area contributed by atoms with Crippen LogP contribution in [0.25, 0.3) is 0 Å². The van der Waals surface area contributed by atoms with E-state index in [1.807, 2.05) is 0 Å². The molecule has 0 bridgehead atoms. The molecule has 11 atom stereocenters. The molecular weight excluding hydrogens is 438 g/mol. The van der Waals surface area contributed by atoms with Gasteiger partial charge < -0.3 is 47.0 Å². The summed E-state index contributed by atoms with van der Waals surface area (Å²) in [6, 6.07) is -2.21.